The average molecular weight is 459 g/mol. The smallest absolute Gasteiger partial charge is 0.323 e. The van der Waals surface area contributed by atoms with Crippen molar-refractivity contribution in [3.8, 4) is 0 Å². The van der Waals surface area contributed by atoms with E-state index in [0.29, 0.717) is 25.8 Å². The van der Waals surface area contributed by atoms with Crippen molar-refractivity contribution in [1.29, 1.82) is 0 Å². The van der Waals surface area contributed by atoms with Gasteiger partial charge in [-0.2, -0.15) is 0 Å². The summed E-state index contributed by atoms with van der Waals surface area (Å²) in [5.41, 5.74) is 26.5. The van der Waals surface area contributed by atoms with Crippen LogP contribution in [0.3, 0.4) is 0 Å². The van der Waals surface area contributed by atoms with Gasteiger partial charge in [-0.25, -0.2) is 0 Å². The van der Waals surface area contributed by atoms with Gasteiger partial charge in [0.15, 0.2) is 5.96 Å². The van der Waals surface area contributed by atoms with E-state index in [1.165, 1.54) is 6.92 Å². The predicted molar refractivity (Wildman–Crippen MR) is 119 cm³/mol. The first-order valence-electron chi connectivity index (χ1n) is 9.52. The Morgan fingerprint density at radius 3 is 1.75 bits per heavy atom. The third-order valence-electron chi connectivity index (χ3n) is 3.71. The van der Waals surface area contributed by atoms with E-state index < -0.39 is 42.1 Å². The summed E-state index contributed by atoms with van der Waals surface area (Å²) in [6.45, 7) is 1.75. The zero-order valence-corrected chi connectivity index (χ0v) is 17.9. The van der Waals surface area contributed by atoms with Gasteiger partial charge in [-0.05, 0) is 31.7 Å². The Morgan fingerprint density at radius 2 is 1.41 bits per heavy atom. The average Bonchev–Trinajstić information content (AvgIpc) is 2.71. The molecule has 14 N–H and O–H groups in total. The number of rotatable bonds is 10. The van der Waals surface area contributed by atoms with Gasteiger partial charge in [0.25, 0.3) is 0 Å². The van der Waals surface area contributed by atoms with Crippen LogP contribution in [-0.4, -0.2) is 75.1 Å². The van der Waals surface area contributed by atoms with Crippen molar-refractivity contribution in [2.45, 2.75) is 50.4 Å². The molecule has 0 saturated carbocycles. The van der Waals surface area contributed by atoms with E-state index in [2.05, 4.69) is 4.99 Å². The van der Waals surface area contributed by atoms with E-state index in [1.807, 2.05) is 30.3 Å². The summed E-state index contributed by atoms with van der Waals surface area (Å²) in [4.78, 5) is 34.1. The van der Waals surface area contributed by atoms with Crippen LogP contribution in [0.5, 0.6) is 0 Å². The third kappa shape index (κ3) is 17.6. The molecule has 0 bridgehead atoms. The van der Waals surface area contributed by atoms with Crippen LogP contribution in [-0.2, 0) is 20.8 Å². The molecule has 0 aliphatic carbocycles. The highest BCUT2D eigenvalue weighted by atomic mass is 16.4. The Morgan fingerprint density at radius 1 is 0.906 bits per heavy atom. The van der Waals surface area contributed by atoms with Gasteiger partial charge in [0.2, 0.25) is 0 Å². The van der Waals surface area contributed by atoms with Crippen LogP contribution in [0.15, 0.2) is 35.3 Å². The molecule has 0 saturated heterocycles. The van der Waals surface area contributed by atoms with Crippen molar-refractivity contribution < 1.29 is 34.8 Å². The number of nitrogens with zero attached hydrogens (tertiary/aromatic N) is 1. The Balaban J connectivity index is 0. The summed E-state index contributed by atoms with van der Waals surface area (Å²) < 4.78 is 0. The molecular weight excluding hydrogens is 424 g/mol. The first-order chi connectivity index (χ1) is 14.8. The van der Waals surface area contributed by atoms with Gasteiger partial charge in [0, 0.05) is 6.54 Å². The zero-order chi connectivity index (χ0) is 25.3. The Bertz CT molecular complexity index is 711. The molecule has 4 atom stereocenters. The fraction of sp³-hybridized carbons (Fsp3) is 0.474. The summed E-state index contributed by atoms with van der Waals surface area (Å²) in [6.07, 6.45) is 0.362. The van der Waals surface area contributed by atoms with Gasteiger partial charge in [0.1, 0.15) is 18.1 Å². The monoisotopic (exact) mass is 458 g/mol. The summed E-state index contributed by atoms with van der Waals surface area (Å²) in [5.74, 6) is -3.13. The first-order valence-corrected chi connectivity index (χ1v) is 9.52. The van der Waals surface area contributed by atoms with Gasteiger partial charge < -0.3 is 49.1 Å². The molecule has 0 radical (unpaired) electrons. The molecule has 0 aliphatic rings. The Hall–Kier alpha value is -3.26. The Labute approximate surface area is 185 Å². The van der Waals surface area contributed by atoms with Crippen LogP contribution in [0.4, 0.5) is 0 Å². The number of aliphatic imine (C=N–C) groups is 1. The normalized spacial score (nSPS) is 13.5. The van der Waals surface area contributed by atoms with Gasteiger partial charge in [-0.3, -0.25) is 19.4 Å². The summed E-state index contributed by atoms with van der Waals surface area (Å²) >= 11 is 0. The lowest BCUT2D eigenvalue weighted by Crippen LogP contribution is -2.39. The Kier molecular flexibility index (Phi) is 16.8. The molecule has 0 amide bonds. The van der Waals surface area contributed by atoms with Crippen LogP contribution in [0.1, 0.15) is 25.3 Å². The molecule has 1 rings (SSSR count). The SMILES string of the molecule is C[C@@H](O)[C@H](N)C(=O)O.NC(N)=NCCC[C@H](N)C(=O)O.N[C@@H](Cc1ccccc1)C(=O)O. The van der Waals surface area contributed by atoms with Crippen molar-refractivity contribution in [1.82, 2.24) is 0 Å². The number of carbonyl (C=O) groups is 3. The van der Waals surface area contributed by atoms with Crippen LogP contribution in [0.2, 0.25) is 0 Å². The second kappa shape index (κ2) is 17.4. The maximum absolute atomic E-state index is 10.4. The number of hydrogen-bond acceptors (Lipinski definition) is 8. The summed E-state index contributed by atoms with van der Waals surface area (Å²) in [7, 11) is 0. The van der Waals surface area contributed by atoms with Crippen LogP contribution >= 0.6 is 0 Å². The van der Waals surface area contributed by atoms with Crippen LogP contribution in [0, 0.1) is 0 Å². The minimum atomic E-state index is -1.18. The molecule has 0 fully saturated rings. The number of aliphatic carboxylic acids is 3. The van der Waals surface area contributed by atoms with Crippen molar-refractivity contribution >= 4 is 23.9 Å². The second-order valence-electron chi connectivity index (χ2n) is 6.63. The van der Waals surface area contributed by atoms with Crippen LogP contribution < -0.4 is 28.7 Å². The van der Waals surface area contributed by atoms with Crippen molar-refractivity contribution in [3.63, 3.8) is 0 Å². The number of benzene rings is 1. The maximum atomic E-state index is 10.4. The number of aliphatic hydroxyl groups is 1. The molecular formula is C19H34N6O7. The molecule has 0 heterocycles. The van der Waals surface area contributed by atoms with Crippen molar-refractivity contribution in [2.24, 2.45) is 33.7 Å². The van der Waals surface area contributed by atoms with E-state index in [0.717, 1.165) is 5.56 Å². The van der Waals surface area contributed by atoms with E-state index in [-0.39, 0.29) is 5.96 Å². The minimum Gasteiger partial charge on any atom is -0.480 e. The van der Waals surface area contributed by atoms with Crippen molar-refractivity contribution in [3.05, 3.63) is 35.9 Å². The fourth-order valence-corrected chi connectivity index (χ4v) is 1.80. The lowest BCUT2D eigenvalue weighted by molar-refractivity contribution is -0.141. The summed E-state index contributed by atoms with van der Waals surface area (Å²) in [6, 6.07) is 6.57. The summed E-state index contributed by atoms with van der Waals surface area (Å²) in [5, 5.41) is 33.5. The third-order valence-corrected chi connectivity index (χ3v) is 3.71. The standard InChI is InChI=1S/C9H11NO2.C6H14N4O2.C4H9NO3/c10-8(9(11)12)6-7-4-2-1-3-5-7;7-4(5(11)12)2-1-3-10-6(8)9;1-2(6)3(5)4(7)8/h1-5,8H,6,10H2,(H,11,12);4H,1-3,7H2,(H,11,12)(H4,8,9,10);2-3,6H,5H2,1H3,(H,7,8)/t8-;4-;2-,3+/m001/s1. The highest BCUT2D eigenvalue weighted by Crippen LogP contribution is 2.01. The largest absolute Gasteiger partial charge is 0.480 e. The molecule has 0 unspecified atom stereocenters. The van der Waals surface area contributed by atoms with Gasteiger partial charge in [-0.15, -0.1) is 0 Å². The fourth-order valence-electron chi connectivity index (χ4n) is 1.80. The number of nitrogens with two attached hydrogens (primary N) is 5. The molecule has 13 nitrogen and oxygen atoms in total. The highest BCUT2D eigenvalue weighted by molar-refractivity contribution is 5.75. The lowest BCUT2D eigenvalue weighted by atomic mass is 10.1. The van der Waals surface area contributed by atoms with Crippen molar-refractivity contribution in [2.75, 3.05) is 6.54 Å². The van der Waals surface area contributed by atoms with Gasteiger partial charge in [0.05, 0.1) is 6.10 Å². The topological polar surface area (TPSA) is 275 Å². The molecule has 1 aromatic rings. The van der Waals surface area contributed by atoms with E-state index in [9.17, 15) is 14.4 Å². The van der Waals surface area contributed by atoms with Gasteiger partial charge in [-0.1, -0.05) is 30.3 Å². The number of aliphatic hydroxyl groups excluding tert-OH is 1. The highest BCUT2D eigenvalue weighted by Gasteiger charge is 2.16. The molecule has 0 aromatic heterocycles. The second-order valence-corrected chi connectivity index (χ2v) is 6.63. The number of carboxylic acids is 3. The van der Waals surface area contributed by atoms with E-state index in [4.69, 9.17) is 49.1 Å². The molecule has 1 aromatic carbocycles. The molecule has 0 spiro atoms. The molecule has 0 aliphatic heterocycles. The quantitative estimate of drug-likeness (QED) is 0.103. The first kappa shape index (κ1) is 30.9. The minimum absolute atomic E-state index is 0.0129. The molecule has 182 valence electrons. The number of guanidine groups is 1. The van der Waals surface area contributed by atoms with E-state index >= 15 is 0 Å². The molecule has 13 heteroatoms. The van der Waals surface area contributed by atoms with E-state index in [1.54, 1.807) is 0 Å². The maximum Gasteiger partial charge on any atom is 0.323 e. The predicted octanol–water partition coefficient (Wildman–Crippen LogP) is -2.13. The zero-order valence-electron chi connectivity index (χ0n) is 17.9. The lowest BCUT2D eigenvalue weighted by Gasteiger charge is -2.06. The molecule has 32 heavy (non-hydrogen) atoms. The number of hydrogen-bond donors (Lipinski definition) is 9. The number of carboxylic acid groups (broad SMARTS) is 3. The van der Waals surface area contributed by atoms with Crippen LogP contribution in [0.25, 0.3) is 0 Å². The van der Waals surface area contributed by atoms with Gasteiger partial charge >= 0.3 is 17.9 Å².